The van der Waals surface area contributed by atoms with Crippen LogP contribution in [0.1, 0.15) is 111 Å². The van der Waals surface area contributed by atoms with Gasteiger partial charge in [-0.1, -0.05) is 132 Å². The Bertz CT molecular complexity index is 1400. The van der Waals surface area contributed by atoms with Crippen molar-refractivity contribution in [3.8, 4) is 11.8 Å². The molecule has 4 aromatic rings. The van der Waals surface area contributed by atoms with Gasteiger partial charge in [0.25, 0.3) is 0 Å². The maximum atomic E-state index is 15.1. The smallest absolute Gasteiger partial charge is 0.134 e. The van der Waals surface area contributed by atoms with Gasteiger partial charge in [-0.25, -0.2) is 4.39 Å². The molecule has 0 aliphatic carbocycles. The van der Waals surface area contributed by atoms with E-state index in [4.69, 9.17) is 0 Å². The van der Waals surface area contributed by atoms with Crippen molar-refractivity contribution < 1.29 is 4.39 Å². The van der Waals surface area contributed by atoms with Crippen molar-refractivity contribution in [3.63, 3.8) is 0 Å². The van der Waals surface area contributed by atoms with Crippen molar-refractivity contribution in [2.75, 3.05) is 0 Å². The number of rotatable bonds is 15. The zero-order valence-corrected chi connectivity index (χ0v) is 25.3. The summed E-state index contributed by atoms with van der Waals surface area (Å²) in [6, 6.07) is 27.6. The lowest BCUT2D eigenvalue weighted by atomic mass is 9.99. The maximum Gasteiger partial charge on any atom is 0.134 e. The zero-order valence-electron chi connectivity index (χ0n) is 25.3. The van der Waals surface area contributed by atoms with Gasteiger partial charge in [0.05, 0.1) is 0 Å². The molecule has 214 valence electrons. The molecule has 1 heteroatoms. The minimum atomic E-state index is -0.0677. The topological polar surface area (TPSA) is 0 Å². The van der Waals surface area contributed by atoms with E-state index in [-0.39, 0.29) is 5.82 Å². The predicted octanol–water partition coefficient (Wildman–Crippen LogP) is 11.2. The van der Waals surface area contributed by atoms with Crippen LogP contribution >= 0.6 is 0 Å². The second kappa shape index (κ2) is 16.8. The lowest BCUT2D eigenvalue weighted by Crippen LogP contribution is -1.93. The largest absolute Gasteiger partial charge is 0.206 e. The van der Waals surface area contributed by atoms with Crippen LogP contribution in [0.2, 0.25) is 0 Å². The molecule has 0 bridgehead atoms. The third kappa shape index (κ3) is 9.89. The van der Waals surface area contributed by atoms with Gasteiger partial charge in [0, 0.05) is 16.5 Å². The Kier molecular flexibility index (Phi) is 12.5. The zero-order chi connectivity index (χ0) is 28.7. The molecule has 0 aliphatic heterocycles. The SMILES string of the molecule is CCCCCCCc1ccc(CCc2ccc(C#Cc3ccc4c(F)c(CCCCCCC)ccc4c3)cc2)cc1. The van der Waals surface area contributed by atoms with E-state index in [0.717, 1.165) is 47.8 Å². The summed E-state index contributed by atoms with van der Waals surface area (Å²) < 4.78 is 15.1. The molecular weight excluding hydrogens is 499 g/mol. The van der Waals surface area contributed by atoms with Crippen LogP contribution in [0, 0.1) is 17.7 Å². The lowest BCUT2D eigenvalue weighted by molar-refractivity contribution is 0.595. The first-order valence-electron chi connectivity index (χ1n) is 16.1. The average Bonchev–Trinajstić information content (AvgIpc) is 3.01. The number of unbranched alkanes of at least 4 members (excludes halogenated alkanes) is 8. The fourth-order valence-corrected chi connectivity index (χ4v) is 5.52. The monoisotopic (exact) mass is 546 g/mol. The summed E-state index contributed by atoms with van der Waals surface area (Å²) in [7, 11) is 0. The molecule has 0 N–H and O–H groups in total. The second-order valence-electron chi connectivity index (χ2n) is 11.6. The highest BCUT2D eigenvalue weighted by atomic mass is 19.1. The standard InChI is InChI=1S/C40H47F/c1-3-5-7-9-11-13-32-15-17-33(18-16-32)19-20-34-21-23-35(24-22-34)25-26-36-27-30-39-38(31-36)29-28-37(40(39)41)14-12-10-8-6-4-2/h15-18,21-24,27-31H,3-14,19-20H2,1-2H3. The molecule has 4 rings (SSSR count). The molecule has 0 fully saturated rings. The Morgan fingerprint density at radius 3 is 1.63 bits per heavy atom. The van der Waals surface area contributed by atoms with Gasteiger partial charge in [-0.05, 0) is 90.4 Å². The summed E-state index contributed by atoms with van der Waals surface area (Å²) in [5, 5.41) is 1.61. The van der Waals surface area contributed by atoms with Crippen LogP contribution in [0.25, 0.3) is 10.8 Å². The average molecular weight is 547 g/mol. The lowest BCUT2D eigenvalue weighted by Gasteiger charge is -2.07. The highest BCUT2D eigenvalue weighted by Gasteiger charge is 2.08. The first-order chi connectivity index (χ1) is 20.2. The number of aryl methyl sites for hydroxylation is 4. The van der Waals surface area contributed by atoms with Crippen LogP contribution in [-0.2, 0) is 25.7 Å². The van der Waals surface area contributed by atoms with Crippen LogP contribution in [0.5, 0.6) is 0 Å². The number of benzene rings is 4. The highest BCUT2D eigenvalue weighted by Crippen LogP contribution is 2.24. The number of fused-ring (bicyclic) bond motifs is 1. The normalized spacial score (nSPS) is 11.0. The molecule has 0 aromatic heterocycles. The summed E-state index contributed by atoms with van der Waals surface area (Å²) in [6.45, 7) is 4.49. The van der Waals surface area contributed by atoms with Crippen molar-refractivity contribution in [1.82, 2.24) is 0 Å². The molecular formula is C40H47F. The minimum absolute atomic E-state index is 0.0677. The van der Waals surface area contributed by atoms with E-state index in [0.29, 0.717) is 5.39 Å². The fourth-order valence-electron chi connectivity index (χ4n) is 5.52. The van der Waals surface area contributed by atoms with Crippen molar-refractivity contribution in [2.45, 2.75) is 104 Å². The third-order valence-corrected chi connectivity index (χ3v) is 8.18. The van der Waals surface area contributed by atoms with Gasteiger partial charge in [0.1, 0.15) is 5.82 Å². The van der Waals surface area contributed by atoms with Gasteiger partial charge < -0.3 is 0 Å². The number of halogens is 1. The predicted molar refractivity (Wildman–Crippen MR) is 175 cm³/mol. The number of hydrogen-bond donors (Lipinski definition) is 0. The fraction of sp³-hybridized carbons (Fsp3) is 0.400. The molecule has 0 heterocycles. The van der Waals surface area contributed by atoms with E-state index in [1.165, 1.54) is 80.9 Å². The van der Waals surface area contributed by atoms with Gasteiger partial charge in [0.2, 0.25) is 0 Å². The van der Waals surface area contributed by atoms with E-state index in [1.807, 2.05) is 30.3 Å². The molecule has 0 aliphatic rings. The molecule has 0 saturated heterocycles. The molecule has 41 heavy (non-hydrogen) atoms. The van der Waals surface area contributed by atoms with Gasteiger partial charge in [-0.3, -0.25) is 0 Å². The Balaban J connectivity index is 1.27. The Labute approximate surface area is 248 Å². The molecule has 0 spiro atoms. The minimum Gasteiger partial charge on any atom is -0.206 e. The molecule has 0 radical (unpaired) electrons. The van der Waals surface area contributed by atoms with Crippen molar-refractivity contribution in [2.24, 2.45) is 0 Å². The Hall–Kier alpha value is -3.37. The van der Waals surface area contributed by atoms with Crippen molar-refractivity contribution in [3.05, 3.63) is 118 Å². The van der Waals surface area contributed by atoms with Crippen LogP contribution in [0.3, 0.4) is 0 Å². The van der Waals surface area contributed by atoms with Crippen LogP contribution in [-0.4, -0.2) is 0 Å². The first-order valence-corrected chi connectivity index (χ1v) is 16.1. The molecule has 0 saturated carbocycles. The highest BCUT2D eigenvalue weighted by molar-refractivity contribution is 5.85. The summed E-state index contributed by atoms with van der Waals surface area (Å²) in [5.74, 6) is 6.50. The van der Waals surface area contributed by atoms with Crippen LogP contribution in [0.4, 0.5) is 4.39 Å². The summed E-state index contributed by atoms with van der Waals surface area (Å²) in [4.78, 5) is 0. The van der Waals surface area contributed by atoms with Gasteiger partial charge in [0.15, 0.2) is 0 Å². The van der Waals surface area contributed by atoms with Gasteiger partial charge in [-0.2, -0.15) is 0 Å². The van der Waals surface area contributed by atoms with E-state index >= 15 is 4.39 Å². The first kappa shape index (κ1) is 30.6. The Morgan fingerprint density at radius 2 is 1.00 bits per heavy atom. The number of hydrogen-bond acceptors (Lipinski definition) is 0. The third-order valence-electron chi connectivity index (χ3n) is 8.18. The van der Waals surface area contributed by atoms with E-state index in [2.05, 4.69) is 74.2 Å². The van der Waals surface area contributed by atoms with E-state index in [9.17, 15) is 0 Å². The Morgan fingerprint density at radius 1 is 0.488 bits per heavy atom. The molecule has 4 aromatic carbocycles. The quantitative estimate of drug-likeness (QED) is 0.103. The van der Waals surface area contributed by atoms with E-state index < -0.39 is 0 Å². The molecule has 0 nitrogen and oxygen atoms in total. The molecule has 0 atom stereocenters. The molecule has 0 amide bonds. The van der Waals surface area contributed by atoms with Crippen molar-refractivity contribution >= 4 is 10.8 Å². The second-order valence-corrected chi connectivity index (χ2v) is 11.6. The summed E-state index contributed by atoms with van der Waals surface area (Å²) in [5.41, 5.74) is 6.94. The van der Waals surface area contributed by atoms with Crippen LogP contribution < -0.4 is 0 Å². The van der Waals surface area contributed by atoms with Gasteiger partial charge in [-0.15, -0.1) is 0 Å². The van der Waals surface area contributed by atoms with Crippen LogP contribution in [0.15, 0.2) is 78.9 Å². The van der Waals surface area contributed by atoms with Crippen molar-refractivity contribution in [1.29, 1.82) is 0 Å². The maximum absolute atomic E-state index is 15.1. The molecule has 0 unspecified atom stereocenters. The van der Waals surface area contributed by atoms with E-state index in [1.54, 1.807) is 0 Å². The summed E-state index contributed by atoms with van der Waals surface area (Å²) >= 11 is 0. The summed E-state index contributed by atoms with van der Waals surface area (Å²) in [6.07, 6.45) is 16.7. The van der Waals surface area contributed by atoms with Gasteiger partial charge >= 0.3 is 0 Å².